The van der Waals surface area contributed by atoms with E-state index in [0.717, 1.165) is 6.92 Å². The van der Waals surface area contributed by atoms with Crippen molar-refractivity contribution in [1.82, 2.24) is 0 Å². The molecule has 2 unspecified atom stereocenters. The minimum Gasteiger partial charge on any atom is -0.745 e. The number of esters is 1. The van der Waals surface area contributed by atoms with Crippen LogP contribution in [0.5, 0.6) is 0 Å². The summed E-state index contributed by atoms with van der Waals surface area (Å²) >= 11 is 0. The van der Waals surface area contributed by atoms with E-state index in [9.17, 15) is 17.8 Å². The molecule has 0 radical (unpaired) electrons. The fourth-order valence-electron chi connectivity index (χ4n) is 0.561. The van der Waals surface area contributed by atoms with E-state index in [1.807, 2.05) is 0 Å². The third kappa shape index (κ3) is 5.74. The molecule has 0 bridgehead atoms. The summed E-state index contributed by atoms with van der Waals surface area (Å²) in [6, 6.07) is 0. The van der Waals surface area contributed by atoms with Gasteiger partial charge in [0, 0.05) is 6.08 Å². The van der Waals surface area contributed by atoms with Gasteiger partial charge in [0.25, 0.3) is 0 Å². The van der Waals surface area contributed by atoms with Crippen LogP contribution in [0.4, 0.5) is 0 Å². The average Bonchev–Trinajstić information content (AvgIpc) is 1.96. The van der Waals surface area contributed by atoms with Crippen LogP contribution in [0.3, 0.4) is 0 Å². The Morgan fingerprint density at radius 2 is 2.07 bits per heavy atom. The summed E-state index contributed by atoms with van der Waals surface area (Å²) in [6.07, 6.45) is -0.882. The van der Waals surface area contributed by atoms with E-state index < -0.39 is 27.6 Å². The normalized spacial score (nSPS) is 14.8. The average molecular weight is 232 g/mol. The number of aliphatic hydroxyl groups excluding tert-OH is 1. The van der Waals surface area contributed by atoms with E-state index in [1.54, 1.807) is 0 Å². The second kappa shape index (κ2) is 6.54. The molecule has 0 aliphatic carbocycles. The molecular formula is C6H9NaO6S. The van der Waals surface area contributed by atoms with Gasteiger partial charge in [0.2, 0.25) is 5.44 Å². The largest absolute Gasteiger partial charge is 1.00 e. The number of carbonyl (C=O) groups is 1. The van der Waals surface area contributed by atoms with Crippen LogP contribution < -0.4 is 29.6 Å². The fourth-order valence-corrected chi connectivity index (χ4v) is 1.26. The molecule has 0 aliphatic rings. The predicted octanol–water partition coefficient (Wildman–Crippen LogP) is -4.03. The molecule has 0 amide bonds. The van der Waals surface area contributed by atoms with Gasteiger partial charge in [0.1, 0.15) is 16.2 Å². The molecule has 0 aromatic heterocycles. The molecule has 2 atom stereocenters. The molecule has 14 heavy (non-hydrogen) atoms. The molecule has 0 spiro atoms. The predicted molar refractivity (Wildman–Crippen MR) is 41.5 cm³/mol. The summed E-state index contributed by atoms with van der Waals surface area (Å²) in [5.41, 5.74) is -2.09. The molecule has 1 N–H and O–H groups in total. The monoisotopic (exact) mass is 232 g/mol. The second-order valence-corrected chi connectivity index (χ2v) is 3.69. The molecule has 0 saturated heterocycles. The Balaban J connectivity index is 0. The van der Waals surface area contributed by atoms with Crippen molar-refractivity contribution in [3.63, 3.8) is 0 Å². The summed E-state index contributed by atoms with van der Waals surface area (Å²) in [5, 5.41) is 8.80. The van der Waals surface area contributed by atoms with Gasteiger partial charge in [-0.25, -0.2) is 13.2 Å². The van der Waals surface area contributed by atoms with Crippen LogP contribution in [-0.4, -0.2) is 35.6 Å². The molecule has 0 saturated carbocycles. The van der Waals surface area contributed by atoms with Crippen LogP contribution in [0.15, 0.2) is 12.7 Å². The SMILES string of the molecule is C=CC(=O)OC(C(C)O)S(=O)(=O)[O-].[Na+]. The standard InChI is InChI=1S/C6H10O6S.Na/c1-3-5(8)12-6(4(2)7)13(9,10)11;/h3-4,6-7H,1H2,2H3,(H,9,10,11);/q;+1/p-1. The molecular weight excluding hydrogens is 223 g/mol. The van der Waals surface area contributed by atoms with Gasteiger partial charge in [0.05, 0.1) is 0 Å². The third-order valence-electron chi connectivity index (χ3n) is 1.08. The number of hydrogen-bond acceptors (Lipinski definition) is 6. The second-order valence-electron chi connectivity index (χ2n) is 2.24. The number of ether oxygens (including phenoxy) is 1. The van der Waals surface area contributed by atoms with E-state index in [4.69, 9.17) is 5.11 Å². The zero-order valence-electron chi connectivity index (χ0n) is 7.84. The van der Waals surface area contributed by atoms with Crippen molar-refractivity contribution >= 4 is 16.1 Å². The summed E-state index contributed by atoms with van der Waals surface area (Å²) in [7, 11) is -4.86. The Hall–Kier alpha value is 0.0800. The van der Waals surface area contributed by atoms with Crippen molar-refractivity contribution in [2.24, 2.45) is 0 Å². The van der Waals surface area contributed by atoms with Gasteiger partial charge in [-0.3, -0.25) is 0 Å². The Labute approximate surface area is 104 Å². The summed E-state index contributed by atoms with van der Waals surface area (Å²) in [6.45, 7) is 4.03. The van der Waals surface area contributed by atoms with Crippen molar-refractivity contribution in [1.29, 1.82) is 0 Å². The van der Waals surface area contributed by atoms with Gasteiger partial charge >= 0.3 is 35.5 Å². The van der Waals surface area contributed by atoms with Crippen molar-refractivity contribution in [2.75, 3.05) is 0 Å². The van der Waals surface area contributed by atoms with Crippen LogP contribution in [-0.2, 0) is 19.6 Å². The fraction of sp³-hybridized carbons (Fsp3) is 0.500. The Morgan fingerprint density at radius 1 is 1.64 bits per heavy atom. The quantitative estimate of drug-likeness (QED) is 0.229. The molecule has 8 heteroatoms. The molecule has 0 fully saturated rings. The van der Waals surface area contributed by atoms with Crippen molar-refractivity contribution in [2.45, 2.75) is 18.5 Å². The van der Waals surface area contributed by atoms with Gasteiger partial charge in [0.15, 0.2) is 0 Å². The van der Waals surface area contributed by atoms with Crippen molar-refractivity contribution in [3.8, 4) is 0 Å². The minimum absolute atomic E-state index is 0. The number of aliphatic hydroxyl groups is 1. The van der Waals surface area contributed by atoms with E-state index in [2.05, 4.69) is 11.3 Å². The van der Waals surface area contributed by atoms with Gasteiger partial charge in [-0.15, -0.1) is 0 Å². The molecule has 0 heterocycles. The molecule has 0 aliphatic heterocycles. The summed E-state index contributed by atoms with van der Waals surface area (Å²) in [4.78, 5) is 10.5. The molecule has 6 nitrogen and oxygen atoms in total. The maximum atomic E-state index is 10.5. The van der Waals surface area contributed by atoms with Crippen molar-refractivity contribution in [3.05, 3.63) is 12.7 Å². The van der Waals surface area contributed by atoms with E-state index in [0.29, 0.717) is 6.08 Å². The Kier molecular flexibility index (Phi) is 7.71. The van der Waals surface area contributed by atoms with Gasteiger partial charge in [-0.05, 0) is 6.92 Å². The first-order valence-electron chi connectivity index (χ1n) is 3.25. The van der Waals surface area contributed by atoms with Gasteiger partial charge < -0.3 is 14.4 Å². The van der Waals surface area contributed by atoms with E-state index in [1.165, 1.54) is 0 Å². The molecule has 0 rings (SSSR count). The third-order valence-corrected chi connectivity index (χ3v) is 2.14. The van der Waals surface area contributed by atoms with Crippen LogP contribution in [0.2, 0.25) is 0 Å². The first-order chi connectivity index (χ1) is 5.79. The van der Waals surface area contributed by atoms with Crippen molar-refractivity contribution < 1.29 is 57.2 Å². The zero-order chi connectivity index (χ0) is 10.6. The van der Waals surface area contributed by atoms with Crippen LogP contribution >= 0.6 is 0 Å². The molecule has 0 aromatic rings. The summed E-state index contributed by atoms with van der Waals surface area (Å²) in [5.74, 6) is -1.08. The van der Waals surface area contributed by atoms with Gasteiger partial charge in [-0.1, -0.05) is 6.58 Å². The minimum atomic E-state index is -4.86. The topological polar surface area (TPSA) is 104 Å². The molecule has 0 aromatic carbocycles. The van der Waals surface area contributed by atoms with Crippen LogP contribution in [0, 0.1) is 0 Å². The first kappa shape index (κ1) is 16.5. The van der Waals surface area contributed by atoms with Gasteiger partial charge in [-0.2, -0.15) is 0 Å². The van der Waals surface area contributed by atoms with Crippen LogP contribution in [0.1, 0.15) is 6.92 Å². The maximum Gasteiger partial charge on any atom is 1.00 e. The zero-order valence-corrected chi connectivity index (χ0v) is 10.7. The number of carbonyl (C=O) groups excluding carboxylic acids is 1. The number of rotatable bonds is 4. The van der Waals surface area contributed by atoms with Crippen LogP contribution in [0.25, 0.3) is 0 Å². The summed E-state index contributed by atoms with van der Waals surface area (Å²) < 4.78 is 35.3. The Morgan fingerprint density at radius 3 is 2.29 bits per heavy atom. The maximum absolute atomic E-state index is 10.5. The first-order valence-corrected chi connectivity index (χ1v) is 4.72. The van der Waals surface area contributed by atoms with E-state index >= 15 is 0 Å². The smallest absolute Gasteiger partial charge is 0.745 e. The Bertz CT molecular complexity index is 295. The molecule has 76 valence electrons. The number of hydrogen-bond donors (Lipinski definition) is 1. The van der Waals surface area contributed by atoms with E-state index in [-0.39, 0.29) is 29.6 Å².